The number of nitrogens with one attached hydrogen (secondary N) is 1. The second-order valence-corrected chi connectivity index (χ2v) is 5.98. The van der Waals surface area contributed by atoms with E-state index in [2.05, 4.69) is 41.2 Å². The molecule has 17 heavy (non-hydrogen) atoms. The number of hydrogen-bond donors (Lipinski definition) is 1. The van der Waals surface area contributed by atoms with Gasteiger partial charge in [0, 0.05) is 0 Å². The molecule has 1 unspecified atom stereocenters. The molecule has 0 saturated heterocycles. The summed E-state index contributed by atoms with van der Waals surface area (Å²) < 4.78 is 6.57. The lowest BCUT2D eigenvalue weighted by Gasteiger charge is -2.32. The van der Waals surface area contributed by atoms with E-state index < -0.39 is 0 Å². The van der Waals surface area contributed by atoms with Gasteiger partial charge in [0.15, 0.2) is 4.67 Å². The Hall–Kier alpha value is -0.280. The molecule has 0 amide bonds. The van der Waals surface area contributed by atoms with E-state index in [0.29, 0.717) is 6.04 Å². The molecule has 0 bridgehead atoms. The molecule has 2 rings (SSSR count). The van der Waals surface area contributed by atoms with Crippen LogP contribution in [0.25, 0.3) is 0 Å². The molecule has 1 saturated carbocycles. The van der Waals surface area contributed by atoms with Gasteiger partial charge in [-0.15, -0.1) is 0 Å². The van der Waals surface area contributed by atoms with Crippen molar-refractivity contribution in [3.05, 3.63) is 22.6 Å². The van der Waals surface area contributed by atoms with E-state index in [1.54, 1.807) is 0 Å². The van der Waals surface area contributed by atoms with Crippen LogP contribution in [0.15, 0.2) is 21.2 Å². The highest BCUT2D eigenvalue weighted by molar-refractivity contribution is 9.10. The summed E-state index contributed by atoms with van der Waals surface area (Å²) in [7, 11) is 0. The largest absolute Gasteiger partial charge is 0.453 e. The van der Waals surface area contributed by atoms with Crippen LogP contribution in [-0.4, -0.2) is 6.54 Å². The van der Waals surface area contributed by atoms with Crippen molar-refractivity contribution < 1.29 is 4.42 Å². The minimum absolute atomic E-state index is 0.388. The molecule has 96 valence electrons. The third kappa shape index (κ3) is 3.35. The van der Waals surface area contributed by atoms with Crippen LogP contribution in [-0.2, 0) is 0 Å². The molecule has 1 fully saturated rings. The first kappa shape index (κ1) is 13.2. The Labute approximate surface area is 112 Å². The second-order valence-electron chi connectivity index (χ2n) is 5.20. The average Bonchev–Trinajstić information content (AvgIpc) is 2.74. The zero-order chi connectivity index (χ0) is 12.3. The predicted octanol–water partition coefficient (Wildman–Crippen LogP) is 4.52. The van der Waals surface area contributed by atoms with Gasteiger partial charge >= 0.3 is 0 Å². The number of furan rings is 1. The Morgan fingerprint density at radius 1 is 1.35 bits per heavy atom. The topological polar surface area (TPSA) is 25.2 Å². The molecule has 1 aromatic heterocycles. The minimum Gasteiger partial charge on any atom is -0.453 e. The first-order chi connectivity index (χ1) is 8.20. The lowest BCUT2D eigenvalue weighted by atomic mass is 9.78. The lowest BCUT2D eigenvalue weighted by molar-refractivity contribution is 0.213. The van der Waals surface area contributed by atoms with E-state index in [0.717, 1.165) is 28.8 Å². The van der Waals surface area contributed by atoms with Gasteiger partial charge in [-0.1, -0.05) is 26.7 Å². The van der Waals surface area contributed by atoms with Crippen LogP contribution in [0.4, 0.5) is 0 Å². The van der Waals surface area contributed by atoms with Crippen LogP contribution in [0.1, 0.15) is 51.3 Å². The van der Waals surface area contributed by atoms with Crippen molar-refractivity contribution in [2.75, 3.05) is 6.54 Å². The SMILES string of the molecule is CCNC(c1ccc(Br)o1)C1CCC(C)CC1. The molecule has 1 aliphatic rings. The molecule has 1 atom stereocenters. The van der Waals surface area contributed by atoms with Gasteiger partial charge < -0.3 is 9.73 Å². The summed E-state index contributed by atoms with van der Waals surface area (Å²) in [6, 6.07) is 4.47. The highest BCUT2D eigenvalue weighted by Gasteiger charge is 2.28. The van der Waals surface area contributed by atoms with Crippen molar-refractivity contribution in [2.24, 2.45) is 11.8 Å². The summed E-state index contributed by atoms with van der Waals surface area (Å²) >= 11 is 3.39. The summed E-state index contributed by atoms with van der Waals surface area (Å²) in [4.78, 5) is 0. The van der Waals surface area contributed by atoms with Crippen LogP contribution in [0.2, 0.25) is 0 Å². The highest BCUT2D eigenvalue weighted by Crippen LogP contribution is 2.37. The molecule has 3 heteroatoms. The van der Waals surface area contributed by atoms with Crippen LogP contribution in [0.3, 0.4) is 0 Å². The Kier molecular flexibility index (Phi) is 4.69. The van der Waals surface area contributed by atoms with Crippen LogP contribution >= 0.6 is 15.9 Å². The van der Waals surface area contributed by atoms with Gasteiger partial charge in [0.05, 0.1) is 6.04 Å². The fourth-order valence-corrected chi connectivity index (χ4v) is 3.15. The third-order valence-electron chi connectivity index (χ3n) is 3.86. The Bertz CT molecular complexity index is 342. The molecule has 0 aromatic carbocycles. The van der Waals surface area contributed by atoms with Crippen molar-refractivity contribution in [1.29, 1.82) is 0 Å². The highest BCUT2D eigenvalue weighted by atomic mass is 79.9. The van der Waals surface area contributed by atoms with Gasteiger partial charge in [0.2, 0.25) is 0 Å². The van der Waals surface area contributed by atoms with Gasteiger partial charge in [-0.25, -0.2) is 0 Å². The van der Waals surface area contributed by atoms with E-state index in [1.165, 1.54) is 25.7 Å². The number of halogens is 1. The van der Waals surface area contributed by atoms with Crippen molar-refractivity contribution >= 4 is 15.9 Å². The maximum Gasteiger partial charge on any atom is 0.169 e. The zero-order valence-corrected chi connectivity index (χ0v) is 12.3. The molecule has 1 heterocycles. The lowest BCUT2D eigenvalue weighted by Crippen LogP contribution is -2.30. The average molecular weight is 300 g/mol. The quantitative estimate of drug-likeness (QED) is 0.884. The van der Waals surface area contributed by atoms with Crippen molar-refractivity contribution in [3.8, 4) is 0 Å². The van der Waals surface area contributed by atoms with Crippen molar-refractivity contribution in [3.63, 3.8) is 0 Å². The van der Waals surface area contributed by atoms with E-state index in [-0.39, 0.29) is 0 Å². The smallest absolute Gasteiger partial charge is 0.169 e. The van der Waals surface area contributed by atoms with Gasteiger partial charge in [-0.2, -0.15) is 0 Å². The molecule has 0 spiro atoms. The van der Waals surface area contributed by atoms with Crippen LogP contribution < -0.4 is 5.32 Å². The van der Waals surface area contributed by atoms with E-state index >= 15 is 0 Å². The van der Waals surface area contributed by atoms with Gasteiger partial charge in [-0.3, -0.25) is 0 Å². The maximum absolute atomic E-state index is 5.73. The predicted molar refractivity (Wildman–Crippen MR) is 73.9 cm³/mol. The first-order valence-electron chi connectivity index (χ1n) is 6.69. The molecular weight excluding hydrogens is 278 g/mol. The zero-order valence-electron chi connectivity index (χ0n) is 10.7. The third-order valence-corrected chi connectivity index (χ3v) is 4.28. The minimum atomic E-state index is 0.388. The second kappa shape index (κ2) is 6.05. The van der Waals surface area contributed by atoms with Gasteiger partial charge in [0.1, 0.15) is 5.76 Å². The first-order valence-corrected chi connectivity index (χ1v) is 7.48. The molecule has 1 aliphatic carbocycles. The molecular formula is C14H22BrNO. The summed E-state index contributed by atoms with van der Waals surface area (Å²) in [6.07, 6.45) is 5.34. The summed E-state index contributed by atoms with van der Waals surface area (Å²) in [5.41, 5.74) is 0. The van der Waals surface area contributed by atoms with Crippen LogP contribution in [0.5, 0.6) is 0 Å². The Morgan fingerprint density at radius 2 is 2.06 bits per heavy atom. The van der Waals surface area contributed by atoms with E-state index in [9.17, 15) is 0 Å². The Balaban J connectivity index is 2.06. The summed E-state index contributed by atoms with van der Waals surface area (Å²) in [6.45, 7) is 5.52. The normalized spacial score (nSPS) is 27.0. The number of rotatable bonds is 4. The summed E-state index contributed by atoms with van der Waals surface area (Å²) in [5, 5.41) is 3.58. The van der Waals surface area contributed by atoms with Crippen molar-refractivity contribution in [2.45, 2.75) is 45.6 Å². The van der Waals surface area contributed by atoms with E-state index in [1.807, 2.05) is 6.07 Å². The standard InChI is InChI=1S/C14H22BrNO/c1-3-16-14(12-8-9-13(15)17-12)11-6-4-10(2)5-7-11/h8-11,14,16H,3-7H2,1-2H3. The molecule has 1 N–H and O–H groups in total. The van der Waals surface area contributed by atoms with Gasteiger partial charge in [-0.05, 0) is 59.3 Å². The fraction of sp³-hybridized carbons (Fsp3) is 0.714. The summed E-state index contributed by atoms with van der Waals surface area (Å²) in [5.74, 6) is 2.71. The fourth-order valence-electron chi connectivity index (χ4n) is 2.83. The van der Waals surface area contributed by atoms with E-state index in [4.69, 9.17) is 4.42 Å². The van der Waals surface area contributed by atoms with Crippen molar-refractivity contribution in [1.82, 2.24) is 5.32 Å². The molecule has 0 radical (unpaired) electrons. The maximum atomic E-state index is 5.73. The number of hydrogen-bond acceptors (Lipinski definition) is 2. The van der Waals surface area contributed by atoms with Gasteiger partial charge in [0.25, 0.3) is 0 Å². The molecule has 0 aliphatic heterocycles. The monoisotopic (exact) mass is 299 g/mol. The van der Waals surface area contributed by atoms with Crippen LogP contribution in [0, 0.1) is 11.8 Å². The Morgan fingerprint density at radius 3 is 2.59 bits per heavy atom. The molecule has 2 nitrogen and oxygen atoms in total. The molecule has 1 aromatic rings.